The molecule has 1 amide bonds. The number of hydrogen-bond donors (Lipinski definition) is 3. The van der Waals surface area contributed by atoms with Crippen molar-refractivity contribution in [2.75, 3.05) is 36.5 Å². The fourth-order valence-electron chi connectivity index (χ4n) is 1.58. The van der Waals surface area contributed by atoms with Crippen LogP contribution in [-0.2, 0) is 4.79 Å². The standard InChI is InChI=1S/C11H16ClFN4O/c1-3-17(5-8(18)16-2)11-7(15)4-6(14)9(12)10(11)13/h4H,3,5,14-15H2,1-2H3,(H,16,18). The van der Waals surface area contributed by atoms with Gasteiger partial charge in [0.25, 0.3) is 0 Å². The summed E-state index contributed by atoms with van der Waals surface area (Å²) < 4.78 is 14.0. The molecule has 100 valence electrons. The van der Waals surface area contributed by atoms with Crippen LogP contribution in [0.3, 0.4) is 0 Å². The molecule has 1 aromatic carbocycles. The number of nitrogens with two attached hydrogens (primary N) is 2. The summed E-state index contributed by atoms with van der Waals surface area (Å²) in [5, 5.41) is 2.28. The van der Waals surface area contributed by atoms with Crippen LogP contribution in [0.4, 0.5) is 21.5 Å². The zero-order chi connectivity index (χ0) is 13.9. The van der Waals surface area contributed by atoms with Gasteiger partial charge in [-0.25, -0.2) is 4.39 Å². The fraction of sp³-hybridized carbons (Fsp3) is 0.364. The van der Waals surface area contributed by atoms with Crippen molar-refractivity contribution in [2.24, 2.45) is 0 Å². The van der Waals surface area contributed by atoms with E-state index in [1.807, 2.05) is 0 Å². The van der Waals surface area contributed by atoms with E-state index in [0.717, 1.165) is 0 Å². The number of benzene rings is 1. The van der Waals surface area contributed by atoms with Crippen LogP contribution in [0.1, 0.15) is 6.92 Å². The second kappa shape index (κ2) is 5.77. The summed E-state index contributed by atoms with van der Waals surface area (Å²) in [7, 11) is 1.51. The lowest BCUT2D eigenvalue weighted by Gasteiger charge is -2.25. The molecular weight excluding hydrogens is 259 g/mol. The van der Waals surface area contributed by atoms with Crippen LogP contribution >= 0.6 is 11.6 Å². The van der Waals surface area contributed by atoms with Gasteiger partial charge in [0.05, 0.1) is 23.6 Å². The number of nitrogens with one attached hydrogen (secondary N) is 1. The number of halogens is 2. The first-order chi connectivity index (χ1) is 8.42. The molecule has 1 rings (SSSR count). The SMILES string of the molecule is CCN(CC(=O)NC)c1c(N)cc(N)c(Cl)c1F. The second-order valence-corrected chi connectivity index (χ2v) is 4.10. The Balaban J connectivity index is 3.21. The normalized spacial score (nSPS) is 10.2. The molecule has 5 nitrogen and oxygen atoms in total. The molecule has 0 heterocycles. The van der Waals surface area contributed by atoms with Gasteiger partial charge in [-0.2, -0.15) is 0 Å². The van der Waals surface area contributed by atoms with Gasteiger partial charge in [-0.15, -0.1) is 0 Å². The first-order valence-electron chi connectivity index (χ1n) is 5.40. The maximum absolute atomic E-state index is 14.0. The number of anilines is 3. The minimum absolute atomic E-state index is 0.00559. The average molecular weight is 275 g/mol. The van der Waals surface area contributed by atoms with Crippen LogP contribution < -0.4 is 21.7 Å². The molecule has 0 saturated heterocycles. The Morgan fingerprint density at radius 2 is 2.11 bits per heavy atom. The monoisotopic (exact) mass is 274 g/mol. The summed E-state index contributed by atoms with van der Waals surface area (Å²) in [5.41, 5.74) is 11.6. The molecule has 0 radical (unpaired) electrons. The lowest BCUT2D eigenvalue weighted by atomic mass is 10.2. The number of rotatable bonds is 4. The Kier molecular flexibility index (Phi) is 4.61. The topological polar surface area (TPSA) is 84.4 Å². The van der Waals surface area contributed by atoms with E-state index in [0.29, 0.717) is 6.54 Å². The summed E-state index contributed by atoms with van der Waals surface area (Å²) in [6.07, 6.45) is 0. The second-order valence-electron chi connectivity index (χ2n) is 3.72. The molecule has 0 unspecified atom stereocenters. The maximum atomic E-state index is 14.0. The van der Waals surface area contributed by atoms with Gasteiger partial charge in [0.2, 0.25) is 5.91 Å². The highest BCUT2D eigenvalue weighted by atomic mass is 35.5. The Labute approximate surface area is 110 Å². The van der Waals surface area contributed by atoms with Gasteiger partial charge >= 0.3 is 0 Å². The number of likely N-dealkylation sites (N-methyl/N-ethyl adjacent to an activating group) is 2. The molecule has 0 aromatic heterocycles. The third kappa shape index (κ3) is 2.76. The van der Waals surface area contributed by atoms with E-state index in [4.69, 9.17) is 23.1 Å². The third-order valence-corrected chi connectivity index (χ3v) is 2.93. The van der Waals surface area contributed by atoms with E-state index in [2.05, 4.69) is 5.32 Å². The van der Waals surface area contributed by atoms with Gasteiger partial charge < -0.3 is 21.7 Å². The van der Waals surface area contributed by atoms with Crippen molar-refractivity contribution in [1.82, 2.24) is 5.32 Å². The maximum Gasteiger partial charge on any atom is 0.239 e. The Morgan fingerprint density at radius 3 is 2.61 bits per heavy atom. The largest absolute Gasteiger partial charge is 0.397 e. The van der Waals surface area contributed by atoms with Crippen LogP contribution in [-0.4, -0.2) is 26.0 Å². The van der Waals surface area contributed by atoms with Crippen molar-refractivity contribution < 1.29 is 9.18 Å². The summed E-state index contributed by atoms with van der Waals surface area (Å²) in [6.45, 7) is 2.19. The molecule has 0 spiro atoms. The van der Waals surface area contributed by atoms with Crippen molar-refractivity contribution in [3.8, 4) is 0 Å². The highest BCUT2D eigenvalue weighted by molar-refractivity contribution is 6.33. The van der Waals surface area contributed by atoms with E-state index in [1.54, 1.807) is 6.92 Å². The molecule has 0 aliphatic rings. The summed E-state index contributed by atoms with van der Waals surface area (Å²) in [5.74, 6) is -0.955. The molecule has 0 aliphatic heterocycles. The van der Waals surface area contributed by atoms with Crippen LogP contribution in [0.15, 0.2) is 6.07 Å². The van der Waals surface area contributed by atoms with Gasteiger partial charge in [0.15, 0.2) is 5.82 Å². The molecule has 5 N–H and O–H groups in total. The number of nitrogens with zero attached hydrogens (tertiary/aromatic N) is 1. The molecule has 18 heavy (non-hydrogen) atoms. The molecule has 0 fully saturated rings. The van der Waals surface area contributed by atoms with Gasteiger partial charge in [0.1, 0.15) is 5.02 Å². The minimum Gasteiger partial charge on any atom is -0.397 e. The molecule has 0 saturated carbocycles. The number of nitrogen functional groups attached to an aromatic ring is 2. The third-order valence-electron chi connectivity index (χ3n) is 2.55. The van der Waals surface area contributed by atoms with Crippen molar-refractivity contribution >= 4 is 34.6 Å². The predicted molar refractivity (Wildman–Crippen MR) is 72.2 cm³/mol. The molecule has 0 aliphatic carbocycles. The summed E-state index contributed by atoms with van der Waals surface area (Å²) in [6, 6.07) is 1.38. The predicted octanol–water partition coefficient (Wildman–Crippen LogP) is 1.22. The van der Waals surface area contributed by atoms with E-state index in [9.17, 15) is 9.18 Å². The quantitative estimate of drug-likeness (QED) is 0.721. The fourth-order valence-corrected chi connectivity index (χ4v) is 1.72. The lowest BCUT2D eigenvalue weighted by molar-refractivity contribution is -0.119. The lowest BCUT2D eigenvalue weighted by Crippen LogP contribution is -2.36. The van der Waals surface area contributed by atoms with Crippen molar-refractivity contribution in [2.45, 2.75) is 6.92 Å². The minimum atomic E-state index is -0.708. The van der Waals surface area contributed by atoms with E-state index >= 15 is 0 Å². The Hall–Kier alpha value is -1.69. The van der Waals surface area contributed by atoms with E-state index in [1.165, 1.54) is 18.0 Å². The van der Waals surface area contributed by atoms with Crippen LogP contribution in [0.5, 0.6) is 0 Å². The van der Waals surface area contributed by atoms with Crippen molar-refractivity contribution in [3.05, 3.63) is 16.9 Å². The zero-order valence-electron chi connectivity index (χ0n) is 10.3. The van der Waals surface area contributed by atoms with Crippen LogP contribution in [0.25, 0.3) is 0 Å². The van der Waals surface area contributed by atoms with Crippen molar-refractivity contribution in [1.29, 1.82) is 0 Å². The van der Waals surface area contributed by atoms with Gasteiger partial charge in [-0.1, -0.05) is 11.6 Å². The number of amides is 1. The van der Waals surface area contributed by atoms with Crippen LogP contribution in [0, 0.1) is 5.82 Å². The molecule has 0 atom stereocenters. The van der Waals surface area contributed by atoms with Crippen molar-refractivity contribution in [3.63, 3.8) is 0 Å². The molecule has 1 aromatic rings. The first kappa shape index (κ1) is 14.4. The molecular formula is C11H16ClFN4O. The molecule has 0 bridgehead atoms. The van der Waals surface area contributed by atoms with Gasteiger partial charge in [-0.05, 0) is 13.0 Å². The summed E-state index contributed by atoms with van der Waals surface area (Å²) in [4.78, 5) is 12.9. The van der Waals surface area contributed by atoms with E-state index < -0.39 is 5.82 Å². The Bertz CT molecular complexity index is 467. The number of carbonyl (C=O) groups is 1. The zero-order valence-corrected chi connectivity index (χ0v) is 11.0. The number of carbonyl (C=O) groups excluding carboxylic acids is 1. The van der Waals surface area contributed by atoms with Gasteiger partial charge in [0, 0.05) is 13.6 Å². The molecule has 7 heteroatoms. The summed E-state index contributed by atoms with van der Waals surface area (Å²) >= 11 is 5.74. The van der Waals surface area contributed by atoms with Gasteiger partial charge in [-0.3, -0.25) is 4.79 Å². The smallest absolute Gasteiger partial charge is 0.239 e. The first-order valence-corrected chi connectivity index (χ1v) is 5.78. The van der Waals surface area contributed by atoms with Crippen LogP contribution in [0.2, 0.25) is 5.02 Å². The highest BCUT2D eigenvalue weighted by Gasteiger charge is 2.20. The average Bonchev–Trinajstić information content (AvgIpc) is 2.34. The highest BCUT2D eigenvalue weighted by Crippen LogP contribution is 2.35. The number of hydrogen-bond acceptors (Lipinski definition) is 4. The Morgan fingerprint density at radius 1 is 1.50 bits per heavy atom. The van der Waals surface area contributed by atoms with E-state index in [-0.39, 0.29) is 34.5 Å².